The molecule has 41 heavy (non-hydrogen) atoms. The summed E-state index contributed by atoms with van der Waals surface area (Å²) in [6.45, 7) is 0.856. The quantitative estimate of drug-likeness (QED) is 0.361. The third-order valence-corrected chi connectivity index (χ3v) is 8.69. The minimum absolute atomic E-state index is 0.0603. The number of benzene rings is 2. The second-order valence-corrected chi connectivity index (χ2v) is 10.9. The third-order valence-electron chi connectivity index (χ3n) is 7.60. The molecule has 0 N–H and O–H groups in total. The van der Waals surface area contributed by atoms with Gasteiger partial charge in [-0.15, -0.1) is 11.8 Å². The zero-order chi connectivity index (χ0) is 28.1. The molecule has 0 saturated carbocycles. The first-order valence-electron chi connectivity index (χ1n) is 13.2. The molecule has 5 heterocycles. The van der Waals surface area contributed by atoms with Crippen LogP contribution in [0, 0.1) is 11.6 Å². The number of carbonyl (C=O) groups excluding carboxylic acids is 1. The molecule has 208 valence electrons. The van der Waals surface area contributed by atoms with E-state index < -0.39 is 29.3 Å². The molecule has 3 aliphatic rings. The maximum atomic E-state index is 15.3. The van der Waals surface area contributed by atoms with E-state index in [0.717, 1.165) is 16.5 Å². The number of morpholine rings is 1. The van der Waals surface area contributed by atoms with E-state index in [2.05, 4.69) is 0 Å². The van der Waals surface area contributed by atoms with Crippen LogP contribution in [0.5, 0.6) is 5.75 Å². The lowest BCUT2D eigenvalue weighted by atomic mass is 9.96. The lowest BCUT2D eigenvalue weighted by Crippen LogP contribution is -2.66. The lowest BCUT2D eigenvalue weighted by molar-refractivity contribution is -0.0200. The molecule has 0 bridgehead atoms. The Morgan fingerprint density at radius 3 is 2.76 bits per heavy atom. The zero-order valence-electron chi connectivity index (χ0n) is 21.7. The summed E-state index contributed by atoms with van der Waals surface area (Å²) in [6.07, 6.45) is 2.57. The maximum Gasteiger partial charge on any atom is 0.278 e. The fraction of sp³-hybridized carbons (Fsp3) is 0.233. The second-order valence-electron chi connectivity index (χ2n) is 9.92. The molecular formula is C30H24F2N4O4S. The monoisotopic (exact) mass is 574 g/mol. The van der Waals surface area contributed by atoms with Gasteiger partial charge in [0.05, 0.1) is 18.9 Å². The van der Waals surface area contributed by atoms with Crippen LogP contribution in [0.1, 0.15) is 38.9 Å². The van der Waals surface area contributed by atoms with E-state index >= 15 is 4.39 Å². The van der Waals surface area contributed by atoms with Crippen LogP contribution in [0.2, 0.25) is 0 Å². The van der Waals surface area contributed by atoms with Crippen molar-refractivity contribution < 1.29 is 23.0 Å². The normalized spacial score (nSPS) is 19.5. The zero-order valence-corrected chi connectivity index (χ0v) is 22.5. The number of amides is 1. The Bertz CT molecular complexity index is 1720. The Balaban J connectivity index is 1.45. The highest BCUT2D eigenvalue weighted by Gasteiger charge is 2.46. The maximum absolute atomic E-state index is 15.3. The van der Waals surface area contributed by atoms with Crippen LogP contribution < -0.4 is 15.2 Å². The Kier molecular flexibility index (Phi) is 6.47. The number of aromatic nitrogens is 2. The molecule has 0 unspecified atom stereocenters. The van der Waals surface area contributed by atoms with Gasteiger partial charge >= 0.3 is 0 Å². The van der Waals surface area contributed by atoms with Gasteiger partial charge in [-0.1, -0.05) is 36.4 Å². The van der Waals surface area contributed by atoms with Gasteiger partial charge in [0.15, 0.2) is 23.1 Å². The van der Waals surface area contributed by atoms with Gasteiger partial charge < -0.3 is 14.4 Å². The predicted octanol–water partition coefficient (Wildman–Crippen LogP) is 4.25. The standard InChI is InChI=1S/C30H24F2N4O4S/c31-21-9-8-19-20(25(21)32)17-41-23-7-4-11-33-26(23)27(19)36-24-16-39-14-13-34(24)30(38)28-29(22(37)10-12-35(28)36)40-15-18-5-2-1-3-6-18/h1-12,24,27H,13-17H2/t24-,27+/m1/s1. The highest BCUT2D eigenvalue weighted by Crippen LogP contribution is 2.44. The Morgan fingerprint density at radius 2 is 1.90 bits per heavy atom. The number of fused-ring (bicyclic) bond motifs is 4. The molecule has 1 amide bonds. The average molecular weight is 575 g/mol. The van der Waals surface area contributed by atoms with E-state index in [0.29, 0.717) is 17.9 Å². The molecule has 8 nitrogen and oxygen atoms in total. The van der Waals surface area contributed by atoms with Crippen molar-refractivity contribution in [2.24, 2.45) is 0 Å². The largest absolute Gasteiger partial charge is 0.482 e. The van der Waals surface area contributed by atoms with Crippen molar-refractivity contribution in [2.75, 3.05) is 24.8 Å². The van der Waals surface area contributed by atoms with Crippen molar-refractivity contribution in [3.8, 4) is 5.75 Å². The van der Waals surface area contributed by atoms with Crippen molar-refractivity contribution in [1.82, 2.24) is 14.6 Å². The Labute approximate surface area is 238 Å². The number of halogens is 2. The van der Waals surface area contributed by atoms with Gasteiger partial charge in [0.2, 0.25) is 5.43 Å². The van der Waals surface area contributed by atoms with Gasteiger partial charge in [0, 0.05) is 41.2 Å². The minimum atomic E-state index is -0.931. The minimum Gasteiger partial charge on any atom is -0.482 e. The Hall–Kier alpha value is -4.22. The van der Waals surface area contributed by atoms with Gasteiger partial charge in [-0.2, -0.15) is 0 Å². The molecule has 4 aromatic rings. The van der Waals surface area contributed by atoms with Crippen molar-refractivity contribution in [3.05, 3.63) is 123 Å². The molecular weight excluding hydrogens is 550 g/mol. The van der Waals surface area contributed by atoms with Gasteiger partial charge in [0.25, 0.3) is 5.91 Å². The molecule has 0 aliphatic carbocycles. The second kappa shape index (κ2) is 10.3. The summed E-state index contributed by atoms with van der Waals surface area (Å²) < 4.78 is 43.3. The van der Waals surface area contributed by atoms with Crippen molar-refractivity contribution in [1.29, 1.82) is 0 Å². The van der Waals surface area contributed by atoms with Crippen molar-refractivity contribution >= 4 is 17.7 Å². The molecule has 2 atom stereocenters. The molecule has 1 saturated heterocycles. The number of nitrogens with zero attached hydrogens (tertiary/aromatic N) is 4. The molecule has 1 fully saturated rings. The third kappa shape index (κ3) is 4.27. The van der Waals surface area contributed by atoms with E-state index in [1.165, 1.54) is 24.0 Å². The number of hydrogen-bond donors (Lipinski definition) is 0. The summed E-state index contributed by atoms with van der Waals surface area (Å²) in [7, 11) is 0. The highest BCUT2D eigenvalue weighted by atomic mass is 32.2. The molecule has 11 heteroatoms. The van der Waals surface area contributed by atoms with E-state index in [9.17, 15) is 14.0 Å². The van der Waals surface area contributed by atoms with E-state index in [4.69, 9.17) is 14.5 Å². The first kappa shape index (κ1) is 25.7. The van der Waals surface area contributed by atoms with Crippen LogP contribution in [-0.4, -0.2) is 46.4 Å². The highest BCUT2D eigenvalue weighted by molar-refractivity contribution is 7.98. The van der Waals surface area contributed by atoms with Gasteiger partial charge in [-0.05, 0) is 29.3 Å². The van der Waals surface area contributed by atoms with Gasteiger partial charge in [-0.3, -0.25) is 24.3 Å². The topological polar surface area (TPSA) is 76.9 Å². The molecule has 2 aromatic carbocycles. The van der Waals surface area contributed by atoms with E-state index in [-0.39, 0.29) is 48.4 Å². The predicted molar refractivity (Wildman–Crippen MR) is 147 cm³/mol. The van der Waals surface area contributed by atoms with Gasteiger partial charge in [-0.25, -0.2) is 8.78 Å². The summed E-state index contributed by atoms with van der Waals surface area (Å²) >= 11 is 1.37. The van der Waals surface area contributed by atoms with Gasteiger partial charge in [0.1, 0.15) is 18.8 Å². The SMILES string of the molecule is O=C1c2c(OCc3ccccc3)c(=O)ccn2N([C@H]2c3ccc(F)c(F)c3CSc3cccnc32)[C@@H]2COCCN12. The number of carbonyl (C=O) groups is 1. The van der Waals surface area contributed by atoms with Crippen LogP contribution in [0.15, 0.2) is 82.7 Å². The fourth-order valence-electron chi connectivity index (χ4n) is 5.69. The van der Waals surface area contributed by atoms with Crippen LogP contribution >= 0.6 is 11.8 Å². The average Bonchev–Trinajstić information content (AvgIpc) is 3.17. The molecule has 2 aromatic heterocycles. The van der Waals surface area contributed by atoms with E-state index in [1.54, 1.807) is 27.9 Å². The fourth-order valence-corrected chi connectivity index (χ4v) is 6.77. The number of pyridine rings is 2. The smallest absolute Gasteiger partial charge is 0.278 e. The van der Waals surface area contributed by atoms with Crippen LogP contribution in [0.25, 0.3) is 0 Å². The van der Waals surface area contributed by atoms with Crippen LogP contribution in [0.3, 0.4) is 0 Å². The summed E-state index contributed by atoms with van der Waals surface area (Å²) in [5.74, 6) is -2.09. The molecule has 7 rings (SSSR count). The molecule has 0 spiro atoms. The van der Waals surface area contributed by atoms with Crippen LogP contribution in [-0.2, 0) is 17.1 Å². The van der Waals surface area contributed by atoms with Crippen LogP contribution in [0.4, 0.5) is 8.78 Å². The number of thioether (sulfide) groups is 1. The number of rotatable bonds is 4. The summed E-state index contributed by atoms with van der Waals surface area (Å²) in [5, 5.41) is 1.87. The van der Waals surface area contributed by atoms with E-state index in [1.807, 2.05) is 41.4 Å². The molecule has 3 aliphatic heterocycles. The summed E-state index contributed by atoms with van der Waals surface area (Å²) in [5.41, 5.74) is 1.83. The first-order chi connectivity index (χ1) is 20.0. The summed E-state index contributed by atoms with van der Waals surface area (Å²) in [4.78, 5) is 34.3. The first-order valence-corrected chi connectivity index (χ1v) is 14.2. The van der Waals surface area contributed by atoms with Crippen molar-refractivity contribution in [3.63, 3.8) is 0 Å². The molecule has 0 radical (unpaired) electrons. The lowest BCUT2D eigenvalue weighted by Gasteiger charge is -2.51. The summed E-state index contributed by atoms with van der Waals surface area (Å²) in [6, 6.07) is 16.3. The number of ether oxygens (including phenoxy) is 2. The number of hydrogen-bond acceptors (Lipinski definition) is 7. The van der Waals surface area contributed by atoms with Crippen molar-refractivity contribution in [2.45, 2.75) is 29.5 Å². The Morgan fingerprint density at radius 1 is 1.05 bits per heavy atom.